The molecule has 1 aliphatic rings. The van der Waals surface area contributed by atoms with Crippen molar-refractivity contribution in [3.05, 3.63) is 35.9 Å². The van der Waals surface area contributed by atoms with Gasteiger partial charge in [-0.3, -0.25) is 9.59 Å². The van der Waals surface area contributed by atoms with Crippen molar-refractivity contribution in [2.24, 2.45) is 11.8 Å². The lowest BCUT2D eigenvalue weighted by Crippen LogP contribution is -2.26. The molecule has 0 radical (unpaired) electrons. The Hall–Kier alpha value is -1.68. The van der Waals surface area contributed by atoms with Crippen LogP contribution in [0, 0.1) is 11.8 Å². The second kappa shape index (κ2) is 7.20. The van der Waals surface area contributed by atoms with Crippen LogP contribution in [0.15, 0.2) is 30.3 Å². The lowest BCUT2D eigenvalue weighted by molar-refractivity contribution is -0.151. The van der Waals surface area contributed by atoms with Gasteiger partial charge in [-0.1, -0.05) is 30.3 Å². The van der Waals surface area contributed by atoms with Gasteiger partial charge >= 0.3 is 5.97 Å². The molecule has 1 saturated carbocycles. The zero-order chi connectivity index (χ0) is 14.4. The fraction of sp³-hybridized carbons (Fsp3) is 0.500. The molecule has 0 saturated heterocycles. The van der Waals surface area contributed by atoms with Crippen molar-refractivity contribution >= 4 is 11.8 Å². The van der Waals surface area contributed by atoms with Crippen LogP contribution in [-0.2, 0) is 25.7 Å². The third-order valence-corrected chi connectivity index (χ3v) is 3.55. The standard InChI is InChI=1S/C16H20O4/c1-2-20-16(18)14-9-8-13(15(14)17)11-19-10-12-6-4-3-5-7-12/h3-7,13-14H,2,8-11H2,1H3. The van der Waals surface area contributed by atoms with E-state index in [0.29, 0.717) is 32.7 Å². The number of carbonyl (C=O) groups is 2. The zero-order valence-corrected chi connectivity index (χ0v) is 11.7. The van der Waals surface area contributed by atoms with Crippen molar-refractivity contribution < 1.29 is 19.1 Å². The molecule has 0 N–H and O–H groups in total. The topological polar surface area (TPSA) is 52.6 Å². The largest absolute Gasteiger partial charge is 0.465 e. The van der Waals surface area contributed by atoms with Crippen LogP contribution in [0.5, 0.6) is 0 Å². The van der Waals surface area contributed by atoms with Gasteiger partial charge in [0.15, 0.2) is 5.78 Å². The van der Waals surface area contributed by atoms with Gasteiger partial charge in [-0.15, -0.1) is 0 Å². The van der Waals surface area contributed by atoms with Gasteiger partial charge in [0, 0.05) is 5.92 Å². The molecule has 1 aromatic carbocycles. The fourth-order valence-electron chi connectivity index (χ4n) is 2.47. The Balaban J connectivity index is 1.77. The highest BCUT2D eigenvalue weighted by Crippen LogP contribution is 2.28. The van der Waals surface area contributed by atoms with E-state index in [-0.39, 0.29) is 17.7 Å². The summed E-state index contributed by atoms with van der Waals surface area (Å²) >= 11 is 0. The van der Waals surface area contributed by atoms with E-state index in [1.54, 1.807) is 6.92 Å². The summed E-state index contributed by atoms with van der Waals surface area (Å²) in [6, 6.07) is 9.83. The number of esters is 1. The van der Waals surface area contributed by atoms with E-state index in [4.69, 9.17) is 9.47 Å². The van der Waals surface area contributed by atoms with Crippen molar-refractivity contribution in [1.29, 1.82) is 0 Å². The molecule has 0 spiro atoms. The van der Waals surface area contributed by atoms with Gasteiger partial charge in [0.25, 0.3) is 0 Å². The van der Waals surface area contributed by atoms with Crippen molar-refractivity contribution in [3.63, 3.8) is 0 Å². The molecule has 4 heteroatoms. The van der Waals surface area contributed by atoms with Gasteiger partial charge in [-0.05, 0) is 25.3 Å². The Bertz CT molecular complexity index is 455. The van der Waals surface area contributed by atoms with Gasteiger partial charge in [-0.25, -0.2) is 0 Å². The van der Waals surface area contributed by atoms with Crippen LogP contribution in [-0.4, -0.2) is 25.0 Å². The van der Waals surface area contributed by atoms with Crippen molar-refractivity contribution in [1.82, 2.24) is 0 Å². The normalized spacial score (nSPS) is 21.9. The van der Waals surface area contributed by atoms with Crippen molar-refractivity contribution in [2.75, 3.05) is 13.2 Å². The molecule has 2 rings (SSSR count). The predicted molar refractivity (Wildman–Crippen MR) is 74.0 cm³/mol. The molecule has 1 fully saturated rings. The smallest absolute Gasteiger partial charge is 0.316 e. The lowest BCUT2D eigenvalue weighted by atomic mass is 10.0. The highest BCUT2D eigenvalue weighted by Gasteiger charge is 2.39. The lowest BCUT2D eigenvalue weighted by Gasteiger charge is -2.11. The van der Waals surface area contributed by atoms with Gasteiger partial charge in [-0.2, -0.15) is 0 Å². The molecule has 2 atom stereocenters. The highest BCUT2D eigenvalue weighted by molar-refractivity contribution is 6.01. The molecule has 1 aliphatic carbocycles. The summed E-state index contributed by atoms with van der Waals surface area (Å²) in [7, 11) is 0. The second-order valence-electron chi connectivity index (χ2n) is 4.98. The molecule has 1 aromatic rings. The Kier molecular flexibility index (Phi) is 5.30. The van der Waals surface area contributed by atoms with Gasteiger partial charge in [0.1, 0.15) is 5.92 Å². The number of hydrogen-bond donors (Lipinski definition) is 0. The number of ketones is 1. The van der Waals surface area contributed by atoms with Crippen LogP contribution in [0.1, 0.15) is 25.3 Å². The maximum Gasteiger partial charge on any atom is 0.316 e. The minimum absolute atomic E-state index is 0.0310. The van der Waals surface area contributed by atoms with Crippen LogP contribution in [0.4, 0.5) is 0 Å². The summed E-state index contributed by atoms with van der Waals surface area (Å²) in [5, 5.41) is 0. The molecule has 20 heavy (non-hydrogen) atoms. The first kappa shape index (κ1) is 14.7. The molecule has 0 heterocycles. The number of carbonyl (C=O) groups excluding carboxylic acids is 2. The second-order valence-corrected chi connectivity index (χ2v) is 4.98. The van der Waals surface area contributed by atoms with Crippen LogP contribution >= 0.6 is 0 Å². The minimum atomic E-state index is -0.583. The third kappa shape index (κ3) is 3.67. The highest BCUT2D eigenvalue weighted by atomic mass is 16.5. The number of hydrogen-bond acceptors (Lipinski definition) is 4. The Morgan fingerprint density at radius 3 is 2.70 bits per heavy atom. The first-order chi connectivity index (χ1) is 9.72. The van der Waals surface area contributed by atoms with E-state index in [9.17, 15) is 9.59 Å². The molecule has 0 aliphatic heterocycles. The third-order valence-electron chi connectivity index (χ3n) is 3.55. The molecule has 0 bridgehead atoms. The van der Waals surface area contributed by atoms with E-state index in [0.717, 1.165) is 5.56 Å². The quantitative estimate of drug-likeness (QED) is 0.591. The summed E-state index contributed by atoms with van der Waals surface area (Å²) < 4.78 is 10.5. The average molecular weight is 276 g/mol. The Morgan fingerprint density at radius 1 is 1.25 bits per heavy atom. The molecular weight excluding hydrogens is 256 g/mol. The number of rotatable bonds is 6. The van der Waals surface area contributed by atoms with Crippen LogP contribution < -0.4 is 0 Å². The predicted octanol–water partition coefficient (Wildman–Crippen LogP) is 2.36. The molecule has 4 nitrogen and oxygen atoms in total. The number of Topliss-reactive ketones (excluding diaryl/α,β-unsaturated/α-hetero) is 1. The Morgan fingerprint density at radius 2 is 2.00 bits per heavy atom. The summed E-state index contributed by atoms with van der Waals surface area (Å²) in [4.78, 5) is 23.7. The van der Waals surface area contributed by atoms with E-state index in [1.807, 2.05) is 30.3 Å². The number of ether oxygens (including phenoxy) is 2. The molecule has 2 unspecified atom stereocenters. The molecular formula is C16H20O4. The van der Waals surface area contributed by atoms with Crippen LogP contribution in [0.2, 0.25) is 0 Å². The summed E-state index contributed by atoms with van der Waals surface area (Å²) in [6.45, 7) is 2.94. The molecule has 0 aromatic heterocycles. The Labute approximate surface area is 119 Å². The first-order valence-corrected chi connectivity index (χ1v) is 7.04. The number of benzene rings is 1. The van der Waals surface area contributed by atoms with Gasteiger partial charge in [0.2, 0.25) is 0 Å². The van der Waals surface area contributed by atoms with Crippen molar-refractivity contribution in [2.45, 2.75) is 26.4 Å². The maximum absolute atomic E-state index is 12.1. The van der Waals surface area contributed by atoms with E-state index in [2.05, 4.69) is 0 Å². The summed E-state index contributed by atoms with van der Waals surface area (Å²) in [5.74, 6) is -1.17. The first-order valence-electron chi connectivity index (χ1n) is 7.04. The molecule has 108 valence electrons. The van der Waals surface area contributed by atoms with Crippen LogP contribution in [0.25, 0.3) is 0 Å². The van der Waals surface area contributed by atoms with Crippen LogP contribution in [0.3, 0.4) is 0 Å². The summed E-state index contributed by atoms with van der Waals surface area (Å²) in [6.07, 6.45) is 1.29. The monoisotopic (exact) mass is 276 g/mol. The van der Waals surface area contributed by atoms with Crippen molar-refractivity contribution in [3.8, 4) is 0 Å². The maximum atomic E-state index is 12.1. The van der Waals surface area contributed by atoms with E-state index >= 15 is 0 Å². The van der Waals surface area contributed by atoms with Gasteiger partial charge < -0.3 is 9.47 Å². The SMILES string of the molecule is CCOC(=O)C1CCC(COCc2ccccc2)C1=O. The van der Waals surface area contributed by atoms with E-state index in [1.165, 1.54) is 0 Å². The summed E-state index contributed by atoms with van der Waals surface area (Å²) in [5.41, 5.74) is 1.08. The zero-order valence-electron chi connectivity index (χ0n) is 11.7. The van der Waals surface area contributed by atoms with E-state index < -0.39 is 5.92 Å². The molecule has 0 amide bonds. The van der Waals surface area contributed by atoms with Gasteiger partial charge in [0.05, 0.1) is 19.8 Å². The minimum Gasteiger partial charge on any atom is -0.465 e. The average Bonchev–Trinajstić information content (AvgIpc) is 2.82. The fourth-order valence-corrected chi connectivity index (χ4v) is 2.47.